The Hall–Kier alpha value is -2.08. The van der Waals surface area contributed by atoms with Crippen LogP contribution in [0.2, 0.25) is 5.15 Å². The molecule has 0 saturated heterocycles. The number of benzene rings is 1. The maximum atomic E-state index is 5.96. The van der Waals surface area contributed by atoms with Crippen LogP contribution in [-0.2, 0) is 13.6 Å². The first-order chi connectivity index (χ1) is 10.1. The van der Waals surface area contributed by atoms with E-state index in [-0.39, 0.29) is 0 Å². The van der Waals surface area contributed by atoms with Gasteiger partial charge in [0.15, 0.2) is 11.5 Å². The molecule has 114 valence electrons. The summed E-state index contributed by atoms with van der Waals surface area (Å²) in [6, 6.07) is 3.68. The monoisotopic (exact) mass is 311 g/mol. The second-order valence-electron chi connectivity index (χ2n) is 4.32. The van der Waals surface area contributed by atoms with Gasteiger partial charge >= 0.3 is 0 Å². The van der Waals surface area contributed by atoms with Crippen molar-refractivity contribution in [2.24, 2.45) is 7.05 Å². The second kappa shape index (κ2) is 6.58. The Labute approximate surface area is 128 Å². The van der Waals surface area contributed by atoms with Crippen molar-refractivity contribution in [2.45, 2.75) is 6.54 Å². The average molecular weight is 312 g/mol. The standard InChI is InChI=1S/C14H18ClN3O3/c1-18-12(15)7-17-13(18)8-16-9-5-10(19-2)14(21-4)11(6-9)20-3/h5-7,16H,8H2,1-4H3. The van der Waals surface area contributed by atoms with Gasteiger partial charge in [-0.25, -0.2) is 4.98 Å². The van der Waals surface area contributed by atoms with Gasteiger partial charge in [-0.15, -0.1) is 0 Å². The molecule has 1 heterocycles. The molecule has 0 aliphatic carbocycles. The van der Waals surface area contributed by atoms with Gasteiger partial charge in [-0.2, -0.15) is 0 Å². The van der Waals surface area contributed by atoms with Gasteiger partial charge in [0.2, 0.25) is 5.75 Å². The van der Waals surface area contributed by atoms with Crippen LogP contribution in [0.25, 0.3) is 0 Å². The van der Waals surface area contributed by atoms with E-state index in [1.165, 1.54) is 0 Å². The maximum absolute atomic E-state index is 5.96. The highest BCUT2D eigenvalue weighted by molar-refractivity contribution is 6.29. The third kappa shape index (κ3) is 3.16. The normalized spacial score (nSPS) is 10.3. The molecule has 0 unspecified atom stereocenters. The molecule has 0 saturated carbocycles. The number of nitrogens with zero attached hydrogens (tertiary/aromatic N) is 2. The lowest BCUT2D eigenvalue weighted by molar-refractivity contribution is 0.324. The zero-order valence-electron chi connectivity index (χ0n) is 12.4. The minimum Gasteiger partial charge on any atom is -0.493 e. The van der Waals surface area contributed by atoms with Crippen molar-refractivity contribution in [1.82, 2.24) is 9.55 Å². The Balaban J connectivity index is 2.22. The van der Waals surface area contributed by atoms with E-state index in [2.05, 4.69) is 10.3 Å². The molecule has 0 atom stereocenters. The molecule has 1 aromatic carbocycles. The quantitative estimate of drug-likeness (QED) is 0.889. The number of ether oxygens (including phenoxy) is 3. The summed E-state index contributed by atoms with van der Waals surface area (Å²) >= 11 is 5.96. The van der Waals surface area contributed by atoms with Crippen molar-refractivity contribution in [3.05, 3.63) is 29.3 Å². The number of hydrogen-bond acceptors (Lipinski definition) is 5. The van der Waals surface area contributed by atoms with Crippen molar-refractivity contribution in [3.8, 4) is 17.2 Å². The minimum absolute atomic E-state index is 0.530. The summed E-state index contributed by atoms with van der Waals surface area (Å²) < 4.78 is 17.7. The smallest absolute Gasteiger partial charge is 0.203 e. The molecule has 0 amide bonds. The van der Waals surface area contributed by atoms with Crippen molar-refractivity contribution in [2.75, 3.05) is 26.6 Å². The number of rotatable bonds is 6. The van der Waals surface area contributed by atoms with Crippen molar-refractivity contribution in [3.63, 3.8) is 0 Å². The van der Waals surface area contributed by atoms with Crippen LogP contribution in [0.4, 0.5) is 5.69 Å². The van der Waals surface area contributed by atoms with Gasteiger partial charge in [-0.05, 0) is 0 Å². The number of aromatic nitrogens is 2. The number of anilines is 1. The zero-order chi connectivity index (χ0) is 15.4. The summed E-state index contributed by atoms with van der Waals surface area (Å²) in [4.78, 5) is 4.23. The summed E-state index contributed by atoms with van der Waals surface area (Å²) in [5, 5.41) is 3.85. The van der Waals surface area contributed by atoms with Crippen molar-refractivity contribution < 1.29 is 14.2 Å². The van der Waals surface area contributed by atoms with Crippen LogP contribution >= 0.6 is 11.6 Å². The van der Waals surface area contributed by atoms with E-state index in [0.717, 1.165) is 11.5 Å². The number of halogens is 1. The van der Waals surface area contributed by atoms with Gasteiger partial charge in [-0.3, -0.25) is 0 Å². The number of methoxy groups -OCH3 is 3. The SMILES string of the molecule is COc1cc(NCc2ncc(Cl)n2C)cc(OC)c1OC. The van der Waals surface area contributed by atoms with Crippen LogP contribution in [0.5, 0.6) is 17.2 Å². The van der Waals surface area contributed by atoms with Crippen LogP contribution < -0.4 is 19.5 Å². The third-order valence-corrected chi connectivity index (χ3v) is 3.49. The first-order valence-electron chi connectivity index (χ1n) is 6.30. The Morgan fingerprint density at radius 1 is 1.14 bits per heavy atom. The van der Waals surface area contributed by atoms with Crippen LogP contribution in [0.1, 0.15) is 5.82 Å². The molecule has 0 radical (unpaired) electrons. The van der Waals surface area contributed by atoms with E-state index in [9.17, 15) is 0 Å². The molecule has 1 aromatic heterocycles. The zero-order valence-corrected chi connectivity index (χ0v) is 13.2. The number of nitrogens with one attached hydrogen (secondary N) is 1. The first kappa shape index (κ1) is 15.3. The highest BCUT2D eigenvalue weighted by Crippen LogP contribution is 2.39. The lowest BCUT2D eigenvalue weighted by Gasteiger charge is -2.15. The molecule has 0 fully saturated rings. The summed E-state index contributed by atoms with van der Waals surface area (Å²) in [5.74, 6) is 2.58. The molecule has 0 aliphatic heterocycles. The molecule has 2 aromatic rings. The molecule has 2 rings (SSSR count). The third-order valence-electron chi connectivity index (χ3n) is 3.14. The molecule has 0 spiro atoms. The summed E-state index contributed by atoms with van der Waals surface area (Å²) in [7, 11) is 6.60. The van der Waals surface area contributed by atoms with E-state index in [1.54, 1.807) is 27.5 Å². The van der Waals surface area contributed by atoms with Crippen molar-refractivity contribution >= 4 is 17.3 Å². The highest BCUT2D eigenvalue weighted by Gasteiger charge is 2.13. The molecule has 6 nitrogen and oxygen atoms in total. The van der Waals surface area contributed by atoms with Gasteiger partial charge in [0.25, 0.3) is 0 Å². The fraction of sp³-hybridized carbons (Fsp3) is 0.357. The predicted molar refractivity (Wildman–Crippen MR) is 81.6 cm³/mol. The molecule has 0 aliphatic rings. The van der Waals surface area contributed by atoms with Gasteiger partial charge in [-0.1, -0.05) is 11.6 Å². The predicted octanol–water partition coefficient (Wildman–Crippen LogP) is 2.71. The summed E-state index contributed by atoms with van der Waals surface area (Å²) in [6.45, 7) is 0.530. The van der Waals surface area contributed by atoms with Crippen LogP contribution in [0.3, 0.4) is 0 Å². The first-order valence-corrected chi connectivity index (χ1v) is 6.68. The van der Waals surface area contributed by atoms with E-state index in [1.807, 2.05) is 23.7 Å². The Kier molecular flexibility index (Phi) is 4.80. The second-order valence-corrected chi connectivity index (χ2v) is 4.71. The fourth-order valence-corrected chi connectivity index (χ4v) is 2.10. The Morgan fingerprint density at radius 3 is 2.19 bits per heavy atom. The van der Waals surface area contributed by atoms with Gasteiger partial charge in [0.1, 0.15) is 11.0 Å². The van der Waals surface area contributed by atoms with Crippen LogP contribution in [-0.4, -0.2) is 30.9 Å². The van der Waals surface area contributed by atoms with Gasteiger partial charge in [0.05, 0.1) is 34.1 Å². The number of imidazole rings is 1. The minimum atomic E-state index is 0.530. The summed E-state index contributed by atoms with van der Waals surface area (Å²) in [5.41, 5.74) is 0.837. The van der Waals surface area contributed by atoms with E-state index in [4.69, 9.17) is 25.8 Å². The largest absolute Gasteiger partial charge is 0.493 e. The molecular formula is C14H18ClN3O3. The molecule has 1 N–H and O–H groups in total. The van der Waals surface area contributed by atoms with Gasteiger partial charge < -0.3 is 24.1 Å². The summed E-state index contributed by atoms with van der Waals surface area (Å²) in [6.07, 6.45) is 1.62. The lowest BCUT2D eigenvalue weighted by Crippen LogP contribution is -2.06. The van der Waals surface area contributed by atoms with Gasteiger partial charge in [0, 0.05) is 24.9 Å². The van der Waals surface area contributed by atoms with E-state index >= 15 is 0 Å². The fourth-order valence-electron chi connectivity index (χ4n) is 1.95. The molecule has 0 bridgehead atoms. The Morgan fingerprint density at radius 2 is 1.76 bits per heavy atom. The lowest BCUT2D eigenvalue weighted by atomic mass is 10.2. The highest BCUT2D eigenvalue weighted by atomic mass is 35.5. The molecular weight excluding hydrogens is 294 g/mol. The molecule has 7 heteroatoms. The maximum Gasteiger partial charge on any atom is 0.203 e. The van der Waals surface area contributed by atoms with Crippen molar-refractivity contribution in [1.29, 1.82) is 0 Å². The topological polar surface area (TPSA) is 57.5 Å². The number of hydrogen-bond donors (Lipinski definition) is 1. The Bertz CT molecular complexity index is 603. The average Bonchev–Trinajstić information content (AvgIpc) is 2.83. The van der Waals surface area contributed by atoms with Crippen LogP contribution in [0.15, 0.2) is 18.3 Å². The van der Waals surface area contributed by atoms with E-state index in [0.29, 0.717) is 28.9 Å². The molecule has 21 heavy (non-hydrogen) atoms. The van der Waals surface area contributed by atoms with E-state index < -0.39 is 0 Å². The van der Waals surface area contributed by atoms with Crippen LogP contribution in [0, 0.1) is 0 Å².